The average Bonchev–Trinajstić information content (AvgIpc) is 2.86. The molecule has 6 heteroatoms. The van der Waals surface area contributed by atoms with Gasteiger partial charge in [-0.15, -0.1) is 6.58 Å². The van der Waals surface area contributed by atoms with Gasteiger partial charge in [0, 0.05) is 31.7 Å². The molecule has 0 radical (unpaired) electrons. The summed E-state index contributed by atoms with van der Waals surface area (Å²) in [7, 11) is 0. The predicted octanol–water partition coefficient (Wildman–Crippen LogP) is 1.67. The molecule has 1 spiro atoms. The number of piperidine rings is 1. The van der Waals surface area contributed by atoms with Gasteiger partial charge in [0.2, 0.25) is 5.91 Å². The van der Waals surface area contributed by atoms with Crippen LogP contribution in [0.3, 0.4) is 0 Å². The standard InChI is InChI=1S/C17H25N3O3/c1-4-7-20-12-17(22-11-16(20)21)5-8-19(9-6-17)10-15-13(2)18-23-14(15)3/h4H,1,5-12H2,2-3H3. The summed E-state index contributed by atoms with van der Waals surface area (Å²) in [4.78, 5) is 16.2. The molecule has 126 valence electrons. The Morgan fingerprint density at radius 2 is 2.09 bits per heavy atom. The molecular formula is C17H25N3O3. The van der Waals surface area contributed by atoms with Crippen molar-refractivity contribution in [3.8, 4) is 0 Å². The van der Waals surface area contributed by atoms with Gasteiger partial charge in [-0.3, -0.25) is 9.69 Å². The van der Waals surface area contributed by atoms with Crippen LogP contribution in [0.1, 0.15) is 29.9 Å². The number of hydrogen-bond acceptors (Lipinski definition) is 5. The minimum absolute atomic E-state index is 0.0636. The first-order valence-electron chi connectivity index (χ1n) is 8.20. The second-order valence-electron chi connectivity index (χ2n) is 6.61. The van der Waals surface area contributed by atoms with Gasteiger partial charge in [-0.05, 0) is 26.7 Å². The van der Waals surface area contributed by atoms with E-state index in [0.717, 1.165) is 43.9 Å². The number of rotatable bonds is 4. The van der Waals surface area contributed by atoms with E-state index in [1.54, 1.807) is 6.08 Å². The first-order valence-corrected chi connectivity index (χ1v) is 8.20. The quantitative estimate of drug-likeness (QED) is 0.790. The number of carbonyl (C=O) groups excluding carboxylic acids is 1. The zero-order valence-corrected chi connectivity index (χ0v) is 14.0. The molecule has 0 bridgehead atoms. The molecule has 0 unspecified atom stereocenters. The molecule has 1 aromatic rings. The third kappa shape index (κ3) is 3.33. The number of likely N-dealkylation sites (tertiary alicyclic amines) is 1. The fraction of sp³-hybridized carbons (Fsp3) is 0.647. The highest BCUT2D eigenvalue weighted by atomic mass is 16.5. The number of carbonyl (C=O) groups is 1. The van der Waals surface area contributed by atoms with Crippen LogP contribution in [0.25, 0.3) is 0 Å². The summed E-state index contributed by atoms with van der Waals surface area (Å²) in [6.07, 6.45) is 3.66. The molecule has 2 fully saturated rings. The van der Waals surface area contributed by atoms with Gasteiger partial charge in [0.1, 0.15) is 12.4 Å². The molecule has 1 aromatic heterocycles. The van der Waals surface area contributed by atoms with Gasteiger partial charge < -0.3 is 14.2 Å². The van der Waals surface area contributed by atoms with E-state index in [1.165, 1.54) is 5.56 Å². The van der Waals surface area contributed by atoms with Gasteiger partial charge >= 0.3 is 0 Å². The van der Waals surface area contributed by atoms with Crippen LogP contribution >= 0.6 is 0 Å². The van der Waals surface area contributed by atoms with E-state index in [4.69, 9.17) is 9.26 Å². The van der Waals surface area contributed by atoms with Crippen LogP contribution in [0, 0.1) is 13.8 Å². The van der Waals surface area contributed by atoms with Crippen LogP contribution in [0.2, 0.25) is 0 Å². The monoisotopic (exact) mass is 319 g/mol. The number of aryl methyl sites for hydroxylation is 2. The number of aromatic nitrogens is 1. The molecule has 0 aromatic carbocycles. The first-order chi connectivity index (χ1) is 11.0. The normalized spacial score (nSPS) is 21.8. The van der Waals surface area contributed by atoms with Crippen molar-refractivity contribution in [3.05, 3.63) is 29.7 Å². The van der Waals surface area contributed by atoms with E-state index in [0.29, 0.717) is 13.1 Å². The van der Waals surface area contributed by atoms with E-state index in [2.05, 4.69) is 16.6 Å². The van der Waals surface area contributed by atoms with Crippen LogP contribution in [-0.2, 0) is 16.1 Å². The molecule has 1 amide bonds. The fourth-order valence-electron chi connectivity index (χ4n) is 3.48. The maximum absolute atomic E-state index is 11.9. The number of nitrogens with zero attached hydrogens (tertiary/aromatic N) is 3. The Kier molecular flexibility index (Phi) is 4.55. The zero-order chi connectivity index (χ0) is 16.4. The van der Waals surface area contributed by atoms with Gasteiger partial charge in [0.15, 0.2) is 0 Å². The van der Waals surface area contributed by atoms with E-state index in [-0.39, 0.29) is 18.1 Å². The third-order valence-corrected chi connectivity index (χ3v) is 5.01. The molecule has 0 atom stereocenters. The summed E-state index contributed by atoms with van der Waals surface area (Å²) in [6.45, 7) is 11.9. The predicted molar refractivity (Wildman–Crippen MR) is 85.9 cm³/mol. The van der Waals surface area contributed by atoms with Crippen molar-refractivity contribution in [1.82, 2.24) is 15.0 Å². The van der Waals surface area contributed by atoms with Crippen molar-refractivity contribution in [2.75, 3.05) is 32.8 Å². The van der Waals surface area contributed by atoms with E-state index in [1.807, 2.05) is 18.7 Å². The maximum Gasteiger partial charge on any atom is 0.248 e. The molecule has 2 saturated heterocycles. The number of hydrogen-bond donors (Lipinski definition) is 0. The van der Waals surface area contributed by atoms with Crippen LogP contribution in [0.4, 0.5) is 0 Å². The average molecular weight is 319 g/mol. The van der Waals surface area contributed by atoms with Crippen LogP contribution < -0.4 is 0 Å². The molecule has 0 aliphatic carbocycles. The van der Waals surface area contributed by atoms with Gasteiger partial charge in [-0.25, -0.2) is 0 Å². The van der Waals surface area contributed by atoms with Crippen LogP contribution in [-0.4, -0.2) is 59.3 Å². The lowest BCUT2D eigenvalue weighted by Crippen LogP contribution is -2.58. The second kappa shape index (κ2) is 6.45. The Bertz CT molecular complexity index is 568. The van der Waals surface area contributed by atoms with E-state index in [9.17, 15) is 4.79 Å². The SMILES string of the molecule is C=CCN1CC2(CCN(Cc3c(C)noc3C)CC2)OCC1=O. The Balaban J connectivity index is 1.59. The number of morpholine rings is 1. The lowest BCUT2D eigenvalue weighted by Gasteiger charge is -2.46. The van der Waals surface area contributed by atoms with Gasteiger partial charge in [0.25, 0.3) is 0 Å². The van der Waals surface area contributed by atoms with Crippen molar-refractivity contribution >= 4 is 5.91 Å². The molecule has 23 heavy (non-hydrogen) atoms. The molecule has 0 N–H and O–H groups in total. The van der Waals surface area contributed by atoms with Crippen LogP contribution in [0.15, 0.2) is 17.2 Å². The Hall–Kier alpha value is -1.66. The number of ether oxygens (including phenoxy) is 1. The molecule has 2 aliphatic rings. The molecule has 3 rings (SSSR count). The lowest BCUT2D eigenvalue weighted by atomic mass is 9.89. The highest BCUT2D eigenvalue weighted by molar-refractivity contribution is 5.78. The van der Waals surface area contributed by atoms with Crippen LogP contribution in [0.5, 0.6) is 0 Å². The molecule has 2 aliphatic heterocycles. The van der Waals surface area contributed by atoms with Crippen molar-refractivity contribution in [2.24, 2.45) is 0 Å². The molecule has 3 heterocycles. The smallest absolute Gasteiger partial charge is 0.248 e. The van der Waals surface area contributed by atoms with Crippen molar-refractivity contribution in [3.63, 3.8) is 0 Å². The zero-order valence-electron chi connectivity index (χ0n) is 14.0. The molecule has 6 nitrogen and oxygen atoms in total. The number of amides is 1. The topological polar surface area (TPSA) is 58.8 Å². The van der Waals surface area contributed by atoms with Crippen molar-refractivity contribution in [1.29, 1.82) is 0 Å². The summed E-state index contributed by atoms with van der Waals surface area (Å²) >= 11 is 0. The molecule has 0 saturated carbocycles. The maximum atomic E-state index is 11.9. The van der Waals surface area contributed by atoms with E-state index >= 15 is 0 Å². The first kappa shape index (κ1) is 16.2. The van der Waals surface area contributed by atoms with Crippen molar-refractivity contribution < 1.29 is 14.1 Å². The lowest BCUT2D eigenvalue weighted by molar-refractivity contribution is -0.170. The van der Waals surface area contributed by atoms with Gasteiger partial charge in [0.05, 0.1) is 17.8 Å². The van der Waals surface area contributed by atoms with Gasteiger partial charge in [-0.2, -0.15) is 0 Å². The Labute approximate surface area is 137 Å². The summed E-state index contributed by atoms with van der Waals surface area (Å²) in [5.41, 5.74) is 1.97. The highest BCUT2D eigenvalue weighted by Crippen LogP contribution is 2.31. The van der Waals surface area contributed by atoms with Gasteiger partial charge in [-0.1, -0.05) is 11.2 Å². The summed E-state index contributed by atoms with van der Waals surface area (Å²) in [5.74, 6) is 0.966. The minimum atomic E-state index is -0.188. The van der Waals surface area contributed by atoms with E-state index < -0.39 is 0 Å². The largest absolute Gasteiger partial charge is 0.363 e. The second-order valence-corrected chi connectivity index (χ2v) is 6.61. The molecular weight excluding hydrogens is 294 g/mol. The fourth-order valence-corrected chi connectivity index (χ4v) is 3.48. The Morgan fingerprint density at radius 1 is 1.35 bits per heavy atom. The van der Waals surface area contributed by atoms with Crippen molar-refractivity contribution in [2.45, 2.75) is 38.8 Å². The summed E-state index contributed by atoms with van der Waals surface area (Å²) in [5, 5.41) is 4.02. The summed E-state index contributed by atoms with van der Waals surface area (Å²) < 4.78 is 11.2. The minimum Gasteiger partial charge on any atom is -0.363 e. The third-order valence-electron chi connectivity index (χ3n) is 5.01. The summed E-state index contributed by atoms with van der Waals surface area (Å²) in [6, 6.07) is 0. The highest BCUT2D eigenvalue weighted by Gasteiger charge is 2.41. The Morgan fingerprint density at radius 3 is 2.70 bits per heavy atom.